The highest BCUT2D eigenvalue weighted by Crippen LogP contribution is 2.28. The van der Waals surface area contributed by atoms with Crippen molar-refractivity contribution < 1.29 is 0 Å². The maximum absolute atomic E-state index is 4.89. The van der Waals surface area contributed by atoms with Gasteiger partial charge < -0.3 is 5.32 Å². The fraction of sp³-hybridized carbons (Fsp3) is 0.833. The number of aromatic nitrogens is 2. The van der Waals surface area contributed by atoms with Crippen LogP contribution in [0.25, 0.3) is 0 Å². The molecule has 1 heterocycles. The lowest BCUT2D eigenvalue weighted by molar-refractivity contribution is 0.322. The van der Waals surface area contributed by atoms with Crippen molar-refractivity contribution in [1.82, 2.24) is 15.1 Å². The molecule has 2 fully saturated rings. The van der Waals surface area contributed by atoms with Gasteiger partial charge in [0.2, 0.25) is 0 Å². The van der Waals surface area contributed by atoms with Gasteiger partial charge in [0.1, 0.15) is 0 Å². The van der Waals surface area contributed by atoms with Crippen LogP contribution in [-0.4, -0.2) is 22.4 Å². The fourth-order valence-electron chi connectivity index (χ4n) is 3.45. The van der Waals surface area contributed by atoms with Gasteiger partial charge in [0, 0.05) is 12.2 Å². The molecular formula is C18H31N3. The molecule has 0 amide bonds. The Labute approximate surface area is 129 Å². The van der Waals surface area contributed by atoms with Crippen LogP contribution in [0.3, 0.4) is 0 Å². The van der Waals surface area contributed by atoms with Crippen molar-refractivity contribution in [3.05, 3.63) is 18.0 Å². The zero-order valence-electron chi connectivity index (χ0n) is 13.7. The Balaban J connectivity index is 1.55. The molecule has 1 unspecified atom stereocenters. The van der Waals surface area contributed by atoms with E-state index in [9.17, 15) is 0 Å². The second-order valence-electron chi connectivity index (χ2n) is 7.47. The number of hydrogen-bond acceptors (Lipinski definition) is 2. The van der Waals surface area contributed by atoms with E-state index < -0.39 is 0 Å². The maximum Gasteiger partial charge on any atom is 0.0628 e. The predicted molar refractivity (Wildman–Crippen MR) is 87.4 cm³/mol. The highest BCUT2D eigenvalue weighted by molar-refractivity contribution is 5.02. The third-order valence-electron chi connectivity index (χ3n) is 5.27. The SMILES string of the molecule is CC(C)C(CNC1CC1)Cc1ccn(C2CCCCC2)n1. The minimum Gasteiger partial charge on any atom is -0.314 e. The van der Waals surface area contributed by atoms with Gasteiger partial charge in [0.05, 0.1) is 11.7 Å². The first-order chi connectivity index (χ1) is 10.2. The van der Waals surface area contributed by atoms with E-state index in [2.05, 4.69) is 36.1 Å². The molecular weight excluding hydrogens is 258 g/mol. The van der Waals surface area contributed by atoms with Gasteiger partial charge in [-0.15, -0.1) is 0 Å². The second-order valence-corrected chi connectivity index (χ2v) is 7.47. The Morgan fingerprint density at radius 3 is 2.62 bits per heavy atom. The average Bonchev–Trinajstić information content (AvgIpc) is 3.21. The average molecular weight is 289 g/mol. The zero-order chi connectivity index (χ0) is 14.7. The molecule has 118 valence electrons. The molecule has 3 rings (SSSR count). The van der Waals surface area contributed by atoms with E-state index in [0.29, 0.717) is 12.0 Å². The third kappa shape index (κ3) is 4.32. The van der Waals surface area contributed by atoms with Gasteiger partial charge in [-0.2, -0.15) is 5.10 Å². The quantitative estimate of drug-likeness (QED) is 0.823. The molecule has 3 nitrogen and oxygen atoms in total. The summed E-state index contributed by atoms with van der Waals surface area (Å²) < 4.78 is 2.25. The van der Waals surface area contributed by atoms with Crippen LogP contribution in [0.5, 0.6) is 0 Å². The van der Waals surface area contributed by atoms with Crippen LogP contribution in [0.2, 0.25) is 0 Å². The molecule has 21 heavy (non-hydrogen) atoms. The first kappa shape index (κ1) is 15.1. The molecule has 1 atom stereocenters. The van der Waals surface area contributed by atoms with Crippen LogP contribution in [0.4, 0.5) is 0 Å². The normalized spacial score (nSPS) is 21.9. The monoisotopic (exact) mass is 289 g/mol. The van der Waals surface area contributed by atoms with Gasteiger partial charge in [-0.25, -0.2) is 0 Å². The Hall–Kier alpha value is -0.830. The van der Waals surface area contributed by atoms with E-state index in [1.165, 1.54) is 50.6 Å². The number of hydrogen-bond donors (Lipinski definition) is 1. The molecule has 2 saturated carbocycles. The Bertz CT molecular complexity index is 427. The highest BCUT2D eigenvalue weighted by Gasteiger charge is 2.24. The molecule has 1 aromatic heterocycles. The maximum atomic E-state index is 4.89. The number of rotatable bonds is 7. The summed E-state index contributed by atoms with van der Waals surface area (Å²) in [5.74, 6) is 1.43. The van der Waals surface area contributed by atoms with E-state index in [0.717, 1.165) is 24.9 Å². The Kier molecular flexibility index (Phi) is 4.99. The number of nitrogens with one attached hydrogen (secondary N) is 1. The smallest absolute Gasteiger partial charge is 0.0628 e. The molecule has 0 aromatic carbocycles. The van der Waals surface area contributed by atoms with E-state index in [1.807, 2.05) is 0 Å². The predicted octanol–water partition coefficient (Wildman–Crippen LogP) is 3.96. The zero-order valence-corrected chi connectivity index (χ0v) is 13.7. The van der Waals surface area contributed by atoms with Crippen molar-refractivity contribution in [3.63, 3.8) is 0 Å². The largest absolute Gasteiger partial charge is 0.314 e. The van der Waals surface area contributed by atoms with Gasteiger partial charge in [-0.05, 0) is 56.6 Å². The Morgan fingerprint density at radius 1 is 1.19 bits per heavy atom. The van der Waals surface area contributed by atoms with Crippen LogP contribution in [0, 0.1) is 11.8 Å². The summed E-state index contributed by atoms with van der Waals surface area (Å²) in [7, 11) is 0. The van der Waals surface area contributed by atoms with Crippen LogP contribution in [0.15, 0.2) is 12.3 Å². The fourth-order valence-corrected chi connectivity index (χ4v) is 3.45. The first-order valence-corrected chi connectivity index (χ1v) is 9.00. The van der Waals surface area contributed by atoms with Gasteiger partial charge in [0.25, 0.3) is 0 Å². The van der Waals surface area contributed by atoms with E-state index in [4.69, 9.17) is 5.10 Å². The van der Waals surface area contributed by atoms with Gasteiger partial charge in [-0.1, -0.05) is 33.1 Å². The molecule has 1 N–H and O–H groups in total. The number of nitrogens with zero attached hydrogens (tertiary/aromatic N) is 2. The minimum absolute atomic E-state index is 0.662. The van der Waals surface area contributed by atoms with E-state index in [-0.39, 0.29) is 0 Å². The van der Waals surface area contributed by atoms with E-state index in [1.54, 1.807) is 0 Å². The molecule has 2 aliphatic carbocycles. The summed E-state index contributed by atoms with van der Waals surface area (Å²) >= 11 is 0. The topological polar surface area (TPSA) is 29.9 Å². The summed E-state index contributed by atoms with van der Waals surface area (Å²) in [5.41, 5.74) is 1.29. The molecule has 0 aliphatic heterocycles. The summed E-state index contributed by atoms with van der Waals surface area (Å²) in [6.07, 6.45) is 12.9. The van der Waals surface area contributed by atoms with E-state index >= 15 is 0 Å². The third-order valence-corrected chi connectivity index (χ3v) is 5.27. The van der Waals surface area contributed by atoms with Gasteiger partial charge in [0.15, 0.2) is 0 Å². The van der Waals surface area contributed by atoms with Crippen LogP contribution in [-0.2, 0) is 6.42 Å². The minimum atomic E-state index is 0.662. The molecule has 1 aromatic rings. The van der Waals surface area contributed by atoms with Gasteiger partial charge >= 0.3 is 0 Å². The lowest BCUT2D eigenvalue weighted by Gasteiger charge is -2.22. The van der Waals surface area contributed by atoms with Gasteiger partial charge in [-0.3, -0.25) is 4.68 Å². The van der Waals surface area contributed by atoms with Crippen LogP contribution < -0.4 is 5.32 Å². The summed E-state index contributed by atoms with van der Waals surface area (Å²) in [5, 5.41) is 8.58. The lowest BCUT2D eigenvalue weighted by atomic mass is 9.91. The first-order valence-electron chi connectivity index (χ1n) is 9.00. The van der Waals surface area contributed by atoms with Crippen molar-refractivity contribution >= 4 is 0 Å². The van der Waals surface area contributed by atoms with Crippen LogP contribution in [0.1, 0.15) is 70.5 Å². The molecule has 3 heteroatoms. The van der Waals surface area contributed by atoms with Crippen molar-refractivity contribution in [1.29, 1.82) is 0 Å². The van der Waals surface area contributed by atoms with Crippen molar-refractivity contribution in [2.75, 3.05) is 6.54 Å². The molecule has 0 radical (unpaired) electrons. The molecule has 0 saturated heterocycles. The summed E-state index contributed by atoms with van der Waals surface area (Å²) in [6.45, 7) is 5.84. The summed E-state index contributed by atoms with van der Waals surface area (Å²) in [6, 6.07) is 3.72. The molecule has 0 spiro atoms. The van der Waals surface area contributed by atoms with Crippen molar-refractivity contribution in [2.45, 2.75) is 77.3 Å². The standard InChI is InChI=1S/C18H31N3/c1-14(2)15(13-19-16-8-9-16)12-17-10-11-21(20-17)18-6-4-3-5-7-18/h10-11,14-16,18-19H,3-9,12-13H2,1-2H3. The van der Waals surface area contributed by atoms with Crippen LogP contribution >= 0.6 is 0 Å². The van der Waals surface area contributed by atoms with Crippen molar-refractivity contribution in [2.24, 2.45) is 11.8 Å². The lowest BCUT2D eigenvalue weighted by Crippen LogP contribution is -2.29. The molecule has 2 aliphatic rings. The Morgan fingerprint density at radius 2 is 1.95 bits per heavy atom. The summed E-state index contributed by atoms with van der Waals surface area (Å²) in [4.78, 5) is 0. The second kappa shape index (κ2) is 6.95. The molecule has 0 bridgehead atoms. The highest BCUT2D eigenvalue weighted by atomic mass is 15.3. The van der Waals surface area contributed by atoms with Crippen molar-refractivity contribution in [3.8, 4) is 0 Å².